The van der Waals surface area contributed by atoms with Crippen molar-refractivity contribution in [3.63, 3.8) is 0 Å². The number of thiazole rings is 1. The van der Waals surface area contributed by atoms with E-state index < -0.39 is 0 Å². The number of nitrogens with one attached hydrogen (secondary N) is 1. The Kier molecular flexibility index (Phi) is 4.08. The Morgan fingerprint density at radius 3 is 2.90 bits per heavy atom. The first-order chi connectivity index (χ1) is 9.72. The number of aromatic nitrogens is 1. The van der Waals surface area contributed by atoms with E-state index in [-0.39, 0.29) is 17.9 Å². The molecule has 110 valence electrons. The molecule has 20 heavy (non-hydrogen) atoms. The first-order valence-corrected chi connectivity index (χ1v) is 8.38. The Balaban J connectivity index is 1.53. The molecule has 5 heteroatoms. The van der Waals surface area contributed by atoms with Crippen molar-refractivity contribution < 1.29 is 9.53 Å². The van der Waals surface area contributed by atoms with Gasteiger partial charge < -0.3 is 10.1 Å². The van der Waals surface area contributed by atoms with Crippen molar-refractivity contribution in [2.75, 3.05) is 13.2 Å². The standard InChI is InChI=1S/C15H22N2O2S/c1-2-12(14-16-5-8-20-14)17-13(18)11-9-15(10-11)3-6-19-7-4-15/h5,8,11-12H,2-4,6-7,9-10H2,1H3,(H,17,18). The van der Waals surface area contributed by atoms with Crippen LogP contribution >= 0.6 is 11.3 Å². The number of carbonyl (C=O) groups excluding carboxylic acids is 1. The van der Waals surface area contributed by atoms with Crippen LogP contribution < -0.4 is 5.32 Å². The molecule has 1 aliphatic heterocycles. The molecule has 0 radical (unpaired) electrons. The summed E-state index contributed by atoms with van der Waals surface area (Å²) < 4.78 is 5.42. The van der Waals surface area contributed by atoms with Gasteiger partial charge in [0.2, 0.25) is 5.91 Å². The van der Waals surface area contributed by atoms with E-state index in [0.717, 1.165) is 50.3 Å². The van der Waals surface area contributed by atoms with Gasteiger partial charge >= 0.3 is 0 Å². The third kappa shape index (κ3) is 2.74. The Morgan fingerprint density at radius 1 is 1.55 bits per heavy atom. The maximum atomic E-state index is 12.4. The van der Waals surface area contributed by atoms with Crippen molar-refractivity contribution >= 4 is 17.2 Å². The van der Waals surface area contributed by atoms with E-state index in [9.17, 15) is 4.79 Å². The van der Waals surface area contributed by atoms with Crippen LogP contribution in [0.25, 0.3) is 0 Å². The molecule has 4 nitrogen and oxygen atoms in total. The zero-order valence-corrected chi connectivity index (χ0v) is 12.7. The summed E-state index contributed by atoms with van der Waals surface area (Å²) in [4.78, 5) is 16.7. The van der Waals surface area contributed by atoms with Gasteiger partial charge in [-0.25, -0.2) is 4.98 Å². The quantitative estimate of drug-likeness (QED) is 0.929. The summed E-state index contributed by atoms with van der Waals surface area (Å²) >= 11 is 1.61. The molecule has 1 aromatic rings. The predicted octanol–water partition coefficient (Wildman–Crippen LogP) is 2.92. The number of amides is 1. The van der Waals surface area contributed by atoms with Crippen LogP contribution in [0.5, 0.6) is 0 Å². The smallest absolute Gasteiger partial charge is 0.223 e. The second-order valence-electron chi connectivity index (χ2n) is 6.06. The highest BCUT2D eigenvalue weighted by atomic mass is 32.1. The highest BCUT2D eigenvalue weighted by Gasteiger charge is 2.47. The number of hydrogen-bond donors (Lipinski definition) is 1. The molecular formula is C15H22N2O2S. The molecule has 1 amide bonds. The molecule has 1 spiro atoms. The fraction of sp³-hybridized carbons (Fsp3) is 0.733. The molecular weight excluding hydrogens is 272 g/mol. The molecule has 1 unspecified atom stereocenters. The van der Waals surface area contributed by atoms with Gasteiger partial charge in [-0.2, -0.15) is 0 Å². The van der Waals surface area contributed by atoms with Crippen molar-refractivity contribution in [3.05, 3.63) is 16.6 Å². The van der Waals surface area contributed by atoms with Gasteiger partial charge in [0.1, 0.15) is 5.01 Å². The van der Waals surface area contributed by atoms with Gasteiger partial charge in [0, 0.05) is 30.7 Å². The summed E-state index contributed by atoms with van der Waals surface area (Å²) in [6.07, 6.45) is 7.02. The number of nitrogens with zero attached hydrogens (tertiary/aromatic N) is 1. The molecule has 2 aliphatic rings. The molecule has 0 bridgehead atoms. The summed E-state index contributed by atoms with van der Waals surface area (Å²) in [6, 6.07) is 0.0775. The highest BCUT2D eigenvalue weighted by molar-refractivity contribution is 7.09. The maximum Gasteiger partial charge on any atom is 0.223 e. The first kappa shape index (κ1) is 14.0. The van der Waals surface area contributed by atoms with Crippen LogP contribution in [0, 0.1) is 11.3 Å². The van der Waals surface area contributed by atoms with Crippen LogP contribution in [-0.4, -0.2) is 24.1 Å². The molecule has 2 fully saturated rings. The summed E-state index contributed by atoms with van der Waals surface area (Å²) in [7, 11) is 0. The number of rotatable bonds is 4. The predicted molar refractivity (Wildman–Crippen MR) is 78.5 cm³/mol. The lowest BCUT2D eigenvalue weighted by atomic mass is 9.58. The molecule has 2 heterocycles. The number of hydrogen-bond acceptors (Lipinski definition) is 4. The van der Waals surface area contributed by atoms with Crippen molar-refractivity contribution in [2.24, 2.45) is 11.3 Å². The van der Waals surface area contributed by atoms with E-state index in [1.54, 1.807) is 17.5 Å². The summed E-state index contributed by atoms with van der Waals surface area (Å²) in [6.45, 7) is 3.82. The Hall–Kier alpha value is -0.940. The van der Waals surface area contributed by atoms with Crippen LogP contribution in [0.4, 0.5) is 0 Å². The summed E-state index contributed by atoms with van der Waals surface area (Å²) in [5.41, 5.74) is 0.406. The van der Waals surface area contributed by atoms with Gasteiger partial charge in [-0.1, -0.05) is 6.92 Å². The largest absolute Gasteiger partial charge is 0.381 e. The average molecular weight is 294 g/mol. The average Bonchev–Trinajstić information content (AvgIpc) is 2.96. The van der Waals surface area contributed by atoms with Crippen molar-refractivity contribution in [3.8, 4) is 0 Å². The van der Waals surface area contributed by atoms with Crippen LogP contribution in [-0.2, 0) is 9.53 Å². The van der Waals surface area contributed by atoms with E-state index >= 15 is 0 Å². The van der Waals surface area contributed by atoms with E-state index in [2.05, 4.69) is 17.2 Å². The minimum atomic E-state index is 0.0775. The minimum absolute atomic E-state index is 0.0775. The maximum absolute atomic E-state index is 12.4. The highest BCUT2D eigenvalue weighted by Crippen LogP contribution is 2.52. The molecule has 1 atom stereocenters. The topological polar surface area (TPSA) is 51.2 Å². The van der Waals surface area contributed by atoms with E-state index in [4.69, 9.17) is 4.74 Å². The van der Waals surface area contributed by atoms with E-state index in [1.165, 1.54) is 0 Å². The number of ether oxygens (including phenoxy) is 1. The van der Waals surface area contributed by atoms with Crippen molar-refractivity contribution in [1.29, 1.82) is 0 Å². The fourth-order valence-corrected chi connectivity index (χ4v) is 4.19. The van der Waals surface area contributed by atoms with E-state index in [0.29, 0.717) is 5.41 Å². The first-order valence-electron chi connectivity index (χ1n) is 7.50. The molecule has 1 aliphatic carbocycles. The third-order valence-corrected chi connectivity index (χ3v) is 5.65. The van der Waals surface area contributed by atoms with Crippen LogP contribution in [0.3, 0.4) is 0 Å². The third-order valence-electron chi connectivity index (χ3n) is 4.76. The lowest BCUT2D eigenvalue weighted by Gasteiger charge is -2.49. The zero-order chi connectivity index (χ0) is 14.0. The Labute approximate surface area is 123 Å². The van der Waals surface area contributed by atoms with Gasteiger partial charge in [0.25, 0.3) is 0 Å². The van der Waals surface area contributed by atoms with Crippen molar-refractivity contribution in [2.45, 2.75) is 45.1 Å². The van der Waals surface area contributed by atoms with Crippen LogP contribution in [0.1, 0.15) is 50.1 Å². The molecule has 0 aromatic carbocycles. The van der Waals surface area contributed by atoms with Gasteiger partial charge in [-0.05, 0) is 37.5 Å². The summed E-state index contributed by atoms with van der Waals surface area (Å²) in [5, 5.41) is 6.15. The normalized spacial score (nSPS) is 23.2. The monoisotopic (exact) mass is 294 g/mol. The Morgan fingerprint density at radius 2 is 2.30 bits per heavy atom. The van der Waals surface area contributed by atoms with Crippen LogP contribution in [0.15, 0.2) is 11.6 Å². The summed E-state index contributed by atoms with van der Waals surface area (Å²) in [5.74, 6) is 0.409. The lowest BCUT2D eigenvalue weighted by molar-refractivity contribution is -0.138. The second-order valence-corrected chi connectivity index (χ2v) is 6.98. The van der Waals surface area contributed by atoms with Crippen molar-refractivity contribution in [1.82, 2.24) is 10.3 Å². The van der Waals surface area contributed by atoms with Crippen LogP contribution in [0.2, 0.25) is 0 Å². The Bertz CT molecular complexity index is 446. The molecule has 1 saturated carbocycles. The fourth-order valence-electron chi connectivity index (χ4n) is 3.42. The van der Waals surface area contributed by atoms with Gasteiger partial charge in [-0.15, -0.1) is 11.3 Å². The molecule has 1 N–H and O–H groups in total. The zero-order valence-electron chi connectivity index (χ0n) is 11.9. The van der Waals surface area contributed by atoms with Gasteiger partial charge in [0.05, 0.1) is 6.04 Å². The molecule has 1 aromatic heterocycles. The van der Waals surface area contributed by atoms with E-state index in [1.807, 2.05) is 5.38 Å². The number of carbonyl (C=O) groups is 1. The SMILES string of the molecule is CCC(NC(=O)C1CC2(CCOCC2)C1)c1nccs1. The molecule has 3 rings (SSSR count). The lowest BCUT2D eigenvalue weighted by Crippen LogP contribution is -2.48. The molecule has 1 saturated heterocycles. The minimum Gasteiger partial charge on any atom is -0.381 e. The van der Waals surface area contributed by atoms with Gasteiger partial charge in [-0.3, -0.25) is 4.79 Å². The second kappa shape index (κ2) is 5.82. The van der Waals surface area contributed by atoms with Gasteiger partial charge in [0.15, 0.2) is 0 Å².